The van der Waals surface area contributed by atoms with E-state index in [0.29, 0.717) is 166 Å². The van der Waals surface area contributed by atoms with E-state index in [1.54, 1.807) is 13.8 Å². The number of hydrogen-bond donors (Lipinski definition) is 0. The minimum atomic E-state index is -5.64. The summed E-state index contributed by atoms with van der Waals surface area (Å²) in [5, 5.41) is 0. The quantitative estimate of drug-likeness (QED) is 0.261. The molecule has 2 aromatic carbocycles. The normalized spacial score (nSPS) is 28.8. The van der Waals surface area contributed by atoms with Crippen molar-refractivity contribution in [2.24, 2.45) is 0 Å². The second kappa shape index (κ2) is 22.1. The summed E-state index contributed by atoms with van der Waals surface area (Å²) in [6, 6.07) is 15.2. The number of halogens is 6. The second-order valence-corrected chi connectivity index (χ2v) is 20.4. The van der Waals surface area contributed by atoms with Crippen molar-refractivity contribution < 1.29 is 64.2 Å². The highest BCUT2D eigenvalue weighted by molar-refractivity contribution is 8.14. The standard InChI is InChI=1S/C49H60F6N2O8S2/c1-45-39(31-41(66-45)37-7-3-35(4-8-37)33-56-11-15-58-19-23-62-27-28-63-24-20-59-16-12-56)43-44(48(52,53)49(54,55)47(43,50)51)40-32-42(67-46(40,45)2)38-9-5-36(6-10-38)34-57-13-17-60-21-25-64-29-30-65-26-22-61-18-14-57/h3-10,31-32H,11-30,33-34H2,1-2H3/t45-,46-/m1/s1. The van der Waals surface area contributed by atoms with Crippen LogP contribution in [-0.4, -0.2) is 169 Å². The van der Waals surface area contributed by atoms with Crippen LogP contribution in [0.3, 0.4) is 0 Å². The molecule has 2 saturated heterocycles. The van der Waals surface area contributed by atoms with E-state index < -0.39 is 38.4 Å². The van der Waals surface area contributed by atoms with Crippen LogP contribution in [0.4, 0.5) is 26.3 Å². The molecule has 2 aliphatic carbocycles. The van der Waals surface area contributed by atoms with E-state index in [4.69, 9.17) is 37.9 Å². The fourth-order valence-corrected chi connectivity index (χ4v) is 12.2. The van der Waals surface area contributed by atoms with Gasteiger partial charge >= 0.3 is 17.8 Å². The summed E-state index contributed by atoms with van der Waals surface area (Å²) < 4.78 is 138. The highest BCUT2D eigenvalue weighted by Gasteiger charge is 2.84. The van der Waals surface area contributed by atoms with Gasteiger partial charge in [0.15, 0.2) is 0 Å². The van der Waals surface area contributed by atoms with E-state index in [1.807, 2.05) is 48.5 Å². The smallest absolute Gasteiger partial charge is 0.378 e. The predicted molar refractivity (Wildman–Crippen MR) is 247 cm³/mol. The molecule has 0 N–H and O–H groups in total. The first-order chi connectivity index (χ1) is 32.3. The lowest BCUT2D eigenvalue weighted by Crippen LogP contribution is -2.48. The van der Waals surface area contributed by atoms with Crippen molar-refractivity contribution in [2.45, 2.75) is 54.2 Å². The lowest BCUT2D eigenvalue weighted by molar-refractivity contribution is -0.258. The van der Waals surface area contributed by atoms with Crippen molar-refractivity contribution in [3.63, 3.8) is 0 Å². The van der Waals surface area contributed by atoms with E-state index in [0.717, 1.165) is 11.1 Å². The Kier molecular flexibility index (Phi) is 16.7. The van der Waals surface area contributed by atoms with Gasteiger partial charge < -0.3 is 37.9 Å². The van der Waals surface area contributed by atoms with Crippen LogP contribution in [-0.2, 0) is 51.0 Å². The number of hydrogen-bond acceptors (Lipinski definition) is 12. The molecule has 3 fully saturated rings. The molecule has 0 radical (unpaired) electrons. The molecule has 0 spiro atoms. The molecule has 2 aromatic rings. The Hall–Kier alpha value is -2.72. The number of fused-ring (bicyclic) bond motifs is 4. The first kappa shape index (κ1) is 50.7. The van der Waals surface area contributed by atoms with Crippen molar-refractivity contribution in [3.05, 3.63) is 105 Å². The van der Waals surface area contributed by atoms with Crippen LogP contribution < -0.4 is 0 Å². The average Bonchev–Trinajstić information content (AvgIpc) is 3.88. The van der Waals surface area contributed by atoms with Gasteiger partial charge in [0.05, 0.1) is 115 Å². The van der Waals surface area contributed by atoms with Gasteiger partial charge in [0.25, 0.3) is 0 Å². The predicted octanol–water partition coefficient (Wildman–Crippen LogP) is 8.37. The third kappa shape index (κ3) is 10.8. The van der Waals surface area contributed by atoms with Crippen LogP contribution >= 0.6 is 23.5 Å². The maximum Gasteiger partial charge on any atom is 0.380 e. The van der Waals surface area contributed by atoms with Crippen molar-refractivity contribution >= 4 is 33.3 Å². The molecular formula is C49H60F6N2O8S2. The van der Waals surface area contributed by atoms with Gasteiger partial charge in [-0.15, -0.1) is 23.5 Å². The van der Waals surface area contributed by atoms with E-state index in [9.17, 15) is 0 Å². The number of nitrogens with zero attached hydrogens (tertiary/aromatic N) is 2. The Morgan fingerprint density at radius 3 is 0.970 bits per heavy atom. The topological polar surface area (TPSA) is 80.3 Å². The van der Waals surface area contributed by atoms with Crippen molar-refractivity contribution in [1.29, 1.82) is 0 Å². The Bertz CT molecular complexity index is 1960. The molecular weight excluding hydrogens is 923 g/mol. The van der Waals surface area contributed by atoms with E-state index in [2.05, 4.69) is 9.80 Å². The van der Waals surface area contributed by atoms with E-state index >= 15 is 26.3 Å². The zero-order valence-electron chi connectivity index (χ0n) is 38.1. The van der Waals surface area contributed by atoms with Gasteiger partial charge in [-0.1, -0.05) is 48.5 Å². The van der Waals surface area contributed by atoms with Gasteiger partial charge in [-0.25, -0.2) is 0 Å². The van der Waals surface area contributed by atoms with E-state index in [1.165, 1.54) is 35.7 Å². The molecule has 6 aliphatic rings. The molecule has 368 valence electrons. The summed E-state index contributed by atoms with van der Waals surface area (Å²) in [6.07, 6.45) is 2.86. The van der Waals surface area contributed by atoms with E-state index in [-0.39, 0.29) is 11.1 Å². The summed E-state index contributed by atoms with van der Waals surface area (Å²) in [7, 11) is 0. The molecule has 10 nitrogen and oxygen atoms in total. The number of rotatable bonds is 6. The maximum absolute atomic E-state index is 16.1. The van der Waals surface area contributed by atoms with Gasteiger partial charge in [0.1, 0.15) is 0 Å². The van der Waals surface area contributed by atoms with Crippen molar-refractivity contribution in [2.75, 3.05) is 132 Å². The highest BCUT2D eigenvalue weighted by Crippen LogP contribution is 2.75. The van der Waals surface area contributed by atoms with Crippen LogP contribution in [0.15, 0.2) is 83.0 Å². The molecule has 8 rings (SSSR count). The number of ether oxygens (including phenoxy) is 8. The van der Waals surface area contributed by atoms with Gasteiger partial charge in [0.2, 0.25) is 0 Å². The average molecular weight is 983 g/mol. The summed E-state index contributed by atoms with van der Waals surface area (Å²) in [4.78, 5) is 5.48. The summed E-state index contributed by atoms with van der Waals surface area (Å²) in [5.74, 6) is -15.9. The Morgan fingerprint density at radius 1 is 0.418 bits per heavy atom. The molecule has 4 aliphatic heterocycles. The van der Waals surface area contributed by atoms with Gasteiger partial charge in [-0.05, 0) is 59.4 Å². The van der Waals surface area contributed by atoms with Crippen LogP contribution in [0.25, 0.3) is 9.81 Å². The molecule has 0 bridgehead atoms. The molecule has 0 amide bonds. The summed E-state index contributed by atoms with van der Waals surface area (Å²) in [6.45, 7) is 14.9. The van der Waals surface area contributed by atoms with Crippen molar-refractivity contribution in [1.82, 2.24) is 9.80 Å². The van der Waals surface area contributed by atoms with Crippen molar-refractivity contribution in [3.8, 4) is 0 Å². The molecule has 67 heavy (non-hydrogen) atoms. The monoisotopic (exact) mass is 982 g/mol. The maximum atomic E-state index is 16.1. The summed E-state index contributed by atoms with van der Waals surface area (Å²) in [5.41, 5.74) is 0.338. The Labute approximate surface area is 397 Å². The Balaban J connectivity index is 1.02. The number of benzene rings is 2. The lowest BCUT2D eigenvalue weighted by atomic mass is 9.71. The molecule has 0 unspecified atom stereocenters. The number of allylic oxidation sites excluding steroid dienone is 4. The van der Waals surface area contributed by atoms with Crippen LogP contribution in [0.1, 0.15) is 36.1 Å². The third-order valence-electron chi connectivity index (χ3n) is 13.1. The Morgan fingerprint density at radius 2 is 0.687 bits per heavy atom. The number of alkyl halides is 6. The minimum Gasteiger partial charge on any atom is -0.378 e. The zero-order valence-corrected chi connectivity index (χ0v) is 39.7. The number of thioether (sulfide) groups is 2. The second-order valence-electron chi connectivity index (χ2n) is 17.4. The molecule has 2 atom stereocenters. The van der Waals surface area contributed by atoms with Gasteiger partial charge in [-0.3, -0.25) is 9.80 Å². The minimum absolute atomic E-state index is 0.199. The first-order valence-electron chi connectivity index (χ1n) is 23.0. The van der Waals surface area contributed by atoms with Gasteiger partial charge in [0, 0.05) is 60.2 Å². The fourth-order valence-electron chi connectivity index (χ4n) is 9.10. The lowest BCUT2D eigenvalue weighted by Gasteiger charge is -2.47. The van der Waals surface area contributed by atoms with Crippen LogP contribution in [0.2, 0.25) is 0 Å². The third-order valence-corrected chi connectivity index (χ3v) is 16.4. The molecule has 0 aromatic heterocycles. The van der Waals surface area contributed by atoms with Gasteiger partial charge in [-0.2, -0.15) is 26.3 Å². The molecule has 4 heterocycles. The SMILES string of the molecule is C[C@@]12SC(c3ccc(CN4CCOCCOCCOCCOCC4)cc3)=CC1=C1C(=C3C=C(c4ccc(CN5CCOCCOCCOCCOCC5)cc4)S[C@]32C)C(F)(F)C(F)(F)C1(F)F. The zero-order chi connectivity index (χ0) is 47.1. The largest absolute Gasteiger partial charge is 0.380 e. The first-order valence-corrected chi connectivity index (χ1v) is 24.6. The van der Waals surface area contributed by atoms with Crippen LogP contribution in [0, 0.1) is 0 Å². The summed E-state index contributed by atoms with van der Waals surface area (Å²) >= 11 is 2.51. The molecule has 18 heteroatoms. The molecule has 1 saturated carbocycles. The van der Waals surface area contributed by atoms with Crippen LogP contribution in [0.5, 0.6) is 0 Å². The highest BCUT2D eigenvalue weighted by atomic mass is 32.2. The fraction of sp³-hybridized carbons (Fsp3) is 0.592.